The number of nitrogens with one attached hydrogen (secondary N) is 1. The van der Waals surface area contributed by atoms with Crippen LogP contribution in [0.15, 0.2) is 18.2 Å². The molecule has 0 bridgehead atoms. The first-order valence-electron chi connectivity index (χ1n) is 7.02. The van der Waals surface area contributed by atoms with Gasteiger partial charge in [0.25, 0.3) is 0 Å². The number of hydrogen-bond acceptors (Lipinski definition) is 2. The second kappa shape index (κ2) is 8.23. The number of carbonyl (C=O) groups excluding carboxylic acids is 1. The molecule has 0 saturated heterocycles. The van der Waals surface area contributed by atoms with Gasteiger partial charge in [0.1, 0.15) is 0 Å². The van der Waals surface area contributed by atoms with Gasteiger partial charge in [0.05, 0.1) is 5.54 Å². The number of hydrogen-bond donors (Lipinski definition) is 2. The third-order valence-electron chi connectivity index (χ3n) is 3.89. The van der Waals surface area contributed by atoms with Gasteiger partial charge < -0.3 is 11.1 Å². The Morgan fingerprint density at radius 3 is 2.52 bits per heavy atom. The zero-order chi connectivity index (χ0) is 14.6. The van der Waals surface area contributed by atoms with Gasteiger partial charge in [0, 0.05) is 16.6 Å². The number of halogens is 3. The normalized spacial score (nSPS) is 16.9. The van der Waals surface area contributed by atoms with Crippen molar-refractivity contribution in [3.05, 3.63) is 33.8 Å². The van der Waals surface area contributed by atoms with E-state index in [-0.39, 0.29) is 18.3 Å². The fraction of sp³-hybridized carbons (Fsp3) is 0.533. The molecule has 3 nitrogen and oxygen atoms in total. The molecular weight excluding hydrogens is 331 g/mol. The molecule has 1 aliphatic carbocycles. The number of carbonyl (C=O) groups is 1. The predicted octanol–water partition coefficient (Wildman–Crippen LogP) is 3.74. The summed E-state index contributed by atoms with van der Waals surface area (Å²) < 4.78 is 0. The van der Waals surface area contributed by atoms with E-state index in [9.17, 15) is 4.79 Å². The Morgan fingerprint density at radius 2 is 1.90 bits per heavy atom. The number of nitrogens with two attached hydrogens (primary N) is 1. The molecule has 0 aliphatic heterocycles. The molecule has 1 saturated carbocycles. The highest BCUT2D eigenvalue weighted by Gasteiger charge is 2.34. The summed E-state index contributed by atoms with van der Waals surface area (Å²) in [5.74, 6) is -0.0396. The third-order valence-corrected chi connectivity index (χ3v) is 4.48. The molecule has 0 aromatic heterocycles. The largest absolute Gasteiger partial charge is 0.354 e. The van der Waals surface area contributed by atoms with Crippen LogP contribution in [0.25, 0.3) is 0 Å². The van der Waals surface area contributed by atoms with Crippen molar-refractivity contribution in [3.8, 4) is 0 Å². The Kier molecular flexibility index (Phi) is 7.28. The Balaban J connectivity index is 0.00000220. The molecule has 0 radical (unpaired) electrons. The minimum absolute atomic E-state index is 0. The number of rotatable bonds is 4. The zero-order valence-electron chi connectivity index (χ0n) is 11.8. The summed E-state index contributed by atoms with van der Waals surface area (Å²) in [4.78, 5) is 12.2. The summed E-state index contributed by atoms with van der Waals surface area (Å²) in [7, 11) is 0. The molecule has 21 heavy (non-hydrogen) atoms. The minimum atomic E-state index is -0.679. The molecule has 1 aromatic carbocycles. The summed E-state index contributed by atoms with van der Waals surface area (Å²) in [6, 6.07) is 5.40. The van der Waals surface area contributed by atoms with E-state index in [1.807, 2.05) is 6.07 Å². The molecule has 2 rings (SSSR count). The van der Waals surface area contributed by atoms with Gasteiger partial charge in [-0.1, -0.05) is 48.5 Å². The monoisotopic (exact) mass is 350 g/mol. The molecule has 0 unspecified atom stereocenters. The zero-order valence-corrected chi connectivity index (χ0v) is 14.2. The van der Waals surface area contributed by atoms with Crippen molar-refractivity contribution in [2.45, 2.75) is 44.1 Å². The fourth-order valence-corrected chi connectivity index (χ4v) is 3.12. The lowest BCUT2D eigenvalue weighted by atomic mass is 9.82. The van der Waals surface area contributed by atoms with Gasteiger partial charge in [-0.3, -0.25) is 4.79 Å². The van der Waals surface area contributed by atoms with Crippen molar-refractivity contribution in [2.75, 3.05) is 6.54 Å². The molecular formula is C15H21Cl3N2O. The van der Waals surface area contributed by atoms with Gasteiger partial charge in [-0.25, -0.2) is 0 Å². The molecule has 1 amide bonds. The van der Waals surface area contributed by atoms with Crippen molar-refractivity contribution in [1.82, 2.24) is 5.32 Å². The quantitative estimate of drug-likeness (QED) is 0.868. The van der Waals surface area contributed by atoms with Crippen LogP contribution in [-0.4, -0.2) is 18.0 Å². The topological polar surface area (TPSA) is 55.1 Å². The first-order valence-corrected chi connectivity index (χ1v) is 7.78. The van der Waals surface area contributed by atoms with E-state index in [4.69, 9.17) is 28.9 Å². The van der Waals surface area contributed by atoms with Gasteiger partial charge >= 0.3 is 0 Å². The summed E-state index contributed by atoms with van der Waals surface area (Å²) in [6.07, 6.45) is 5.48. The lowest BCUT2D eigenvalue weighted by Gasteiger charge is -2.31. The first-order chi connectivity index (χ1) is 9.51. The molecule has 3 N–H and O–H groups in total. The molecule has 0 atom stereocenters. The van der Waals surface area contributed by atoms with Gasteiger partial charge in [0.2, 0.25) is 5.91 Å². The Bertz CT molecular complexity index is 488. The van der Waals surface area contributed by atoms with Gasteiger partial charge in [-0.15, -0.1) is 12.4 Å². The van der Waals surface area contributed by atoms with Crippen molar-refractivity contribution >= 4 is 41.5 Å². The van der Waals surface area contributed by atoms with Crippen LogP contribution in [0.3, 0.4) is 0 Å². The fourth-order valence-electron chi connectivity index (χ4n) is 2.62. The lowest BCUT2D eigenvalue weighted by molar-refractivity contribution is -0.127. The third kappa shape index (κ3) is 5.03. The molecule has 6 heteroatoms. The maximum Gasteiger partial charge on any atom is 0.240 e. The van der Waals surface area contributed by atoms with E-state index < -0.39 is 5.54 Å². The minimum Gasteiger partial charge on any atom is -0.354 e. The van der Waals surface area contributed by atoms with E-state index in [0.717, 1.165) is 31.2 Å². The molecule has 1 aliphatic rings. The molecule has 118 valence electrons. The van der Waals surface area contributed by atoms with Gasteiger partial charge in [0.15, 0.2) is 0 Å². The van der Waals surface area contributed by atoms with E-state index in [1.54, 1.807) is 12.1 Å². The first kappa shape index (κ1) is 18.6. The van der Waals surface area contributed by atoms with Crippen LogP contribution < -0.4 is 11.1 Å². The molecule has 0 heterocycles. The van der Waals surface area contributed by atoms with Gasteiger partial charge in [-0.2, -0.15) is 0 Å². The van der Waals surface area contributed by atoms with E-state index in [1.165, 1.54) is 6.42 Å². The van der Waals surface area contributed by atoms with Crippen LogP contribution in [0.5, 0.6) is 0 Å². The highest BCUT2D eigenvalue weighted by Crippen LogP contribution is 2.26. The highest BCUT2D eigenvalue weighted by molar-refractivity contribution is 6.35. The Hall–Kier alpha value is -0.480. The van der Waals surface area contributed by atoms with Gasteiger partial charge in [-0.05, 0) is 37.0 Å². The molecule has 0 spiro atoms. The maximum absolute atomic E-state index is 12.2. The van der Waals surface area contributed by atoms with Crippen LogP contribution in [0.1, 0.15) is 37.7 Å². The van der Waals surface area contributed by atoms with E-state index in [0.29, 0.717) is 23.0 Å². The van der Waals surface area contributed by atoms with Crippen LogP contribution in [0, 0.1) is 0 Å². The number of amides is 1. The van der Waals surface area contributed by atoms with Crippen molar-refractivity contribution in [2.24, 2.45) is 5.73 Å². The van der Waals surface area contributed by atoms with Crippen LogP contribution in [0.4, 0.5) is 0 Å². The average Bonchev–Trinajstić information content (AvgIpc) is 2.42. The second-order valence-electron chi connectivity index (χ2n) is 5.46. The Labute approximate surface area is 142 Å². The van der Waals surface area contributed by atoms with Crippen molar-refractivity contribution < 1.29 is 4.79 Å². The predicted molar refractivity (Wildman–Crippen MR) is 90.4 cm³/mol. The molecule has 1 aromatic rings. The second-order valence-corrected chi connectivity index (χ2v) is 6.30. The smallest absolute Gasteiger partial charge is 0.240 e. The van der Waals surface area contributed by atoms with Crippen LogP contribution in [-0.2, 0) is 11.2 Å². The summed E-state index contributed by atoms with van der Waals surface area (Å²) in [5.41, 5.74) is 6.48. The average molecular weight is 352 g/mol. The highest BCUT2D eigenvalue weighted by atomic mass is 35.5. The number of benzene rings is 1. The molecule has 1 fully saturated rings. The van der Waals surface area contributed by atoms with Crippen molar-refractivity contribution in [3.63, 3.8) is 0 Å². The van der Waals surface area contributed by atoms with Crippen molar-refractivity contribution in [1.29, 1.82) is 0 Å². The lowest BCUT2D eigenvalue weighted by Crippen LogP contribution is -2.55. The maximum atomic E-state index is 12.2. The summed E-state index contributed by atoms with van der Waals surface area (Å²) in [5, 5.41) is 4.18. The summed E-state index contributed by atoms with van der Waals surface area (Å²) >= 11 is 11.9. The van der Waals surface area contributed by atoms with Crippen LogP contribution in [0.2, 0.25) is 10.0 Å². The Morgan fingerprint density at radius 1 is 1.24 bits per heavy atom. The SMILES string of the molecule is Cl.NC1(C(=O)NCCc2ccc(Cl)cc2Cl)CCCCC1. The standard InChI is InChI=1S/C15H20Cl2N2O.ClH/c16-12-5-4-11(13(17)10-12)6-9-19-14(20)15(18)7-2-1-3-8-15;/h4-5,10H,1-3,6-9,18H2,(H,19,20);1H. The summed E-state index contributed by atoms with van der Waals surface area (Å²) in [6.45, 7) is 0.541. The van der Waals surface area contributed by atoms with Crippen LogP contribution >= 0.6 is 35.6 Å². The van der Waals surface area contributed by atoms with E-state index in [2.05, 4.69) is 5.32 Å². The van der Waals surface area contributed by atoms with E-state index >= 15 is 0 Å².